The summed E-state index contributed by atoms with van der Waals surface area (Å²) in [5, 5.41) is 0. The van der Waals surface area contributed by atoms with Gasteiger partial charge in [0.25, 0.3) is 0 Å². The maximum absolute atomic E-state index is 5.45. The van der Waals surface area contributed by atoms with E-state index in [0.717, 1.165) is 5.56 Å². The Morgan fingerprint density at radius 3 is 2.11 bits per heavy atom. The van der Waals surface area contributed by atoms with Crippen molar-refractivity contribution in [2.24, 2.45) is 0 Å². The van der Waals surface area contributed by atoms with Crippen LogP contribution in [0.1, 0.15) is 5.56 Å². The third-order valence-electron chi connectivity index (χ3n) is 1.05. The normalized spacial score (nSPS) is 8.89. The molecule has 44 valence electrons. The summed E-state index contributed by atoms with van der Waals surface area (Å²) in [7, 11) is 0. The molecule has 0 heterocycles. The topological polar surface area (TPSA) is 0 Å². The Balaban J connectivity index is 2.98. The predicted molar refractivity (Wildman–Crippen MR) is 43.1 cm³/mol. The molecule has 0 aliphatic heterocycles. The maximum Gasteiger partial charge on any atom is 0.236 e. The minimum atomic E-state index is 0.683. The lowest BCUT2D eigenvalue weighted by Crippen LogP contribution is -1.69. The molecule has 0 radical (unpaired) electrons. The fourth-order valence-electron chi connectivity index (χ4n) is 0.597. The van der Waals surface area contributed by atoms with E-state index in [4.69, 9.17) is 6.58 Å². The molecule has 0 atom stereocenters. The molecule has 0 spiro atoms. The molecule has 1 aromatic rings. The summed E-state index contributed by atoms with van der Waals surface area (Å²) >= 11 is 3.18. The molecule has 0 nitrogen and oxygen atoms in total. The van der Waals surface area contributed by atoms with Crippen molar-refractivity contribution < 1.29 is 0 Å². The molecule has 0 aliphatic carbocycles. The zero-order chi connectivity index (χ0) is 6.69. The van der Waals surface area contributed by atoms with Crippen LogP contribution in [0, 0.1) is 6.58 Å². The highest BCUT2D eigenvalue weighted by Crippen LogP contribution is 2.16. The molecule has 1 aromatic carbocycles. The Bertz CT molecular complexity index is 201. The second-order valence-electron chi connectivity index (χ2n) is 1.71. The van der Waals surface area contributed by atoms with E-state index in [2.05, 4.69) is 15.9 Å². The Hall–Kier alpha value is -0.650. The van der Waals surface area contributed by atoms with Gasteiger partial charge in [-0.3, -0.25) is 0 Å². The maximum atomic E-state index is 5.45. The summed E-state index contributed by atoms with van der Waals surface area (Å²) in [6, 6.07) is 9.75. The average molecular weight is 182 g/mol. The molecule has 1 rings (SSSR count). The summed E-state index contributed by atoms with van der Waals surface area (Å²) < 4.78 is 0.683. The number of halogens is 1. The summed E-state index contributed by atoms with van der Waals surface area (Å²) in [5.41, 5.74) is 1.03. The lowest BCUT2D eigenvalue weighted by molar-refractivity contribution is 1.66. The largest absolute Gasteiger partial charge is 0.236 e. The van der Waals surface area contributed by atoms with Crippen molar-refractivity contribution in [1.29, 1.82) is 0 Å². The lowest BCUT2D eigenvalue weighted by Gasteiger charge is -1.81. The van der Waals surface area contributed by atoms with Crippen LogP contribution in [0.5, 0.6) is 0 Å². The smallest absolute Gasteiger partial charge is 0.0586 e. The third kappa shape index (κ3) is 1.63. The minimum Gasteiger partial charge on any atom is -0.0586 e. The monoisotopic (exact) mass is 181 g/mol. The standard InChI is InChI=1S/C8H6Br/c1-7(9)8-5-3-2-4-6-8/h1-6H/q+1. The Labute approximate surface area is 63.3 Å². The Morgan fingerprint density at radius 2 is 1.78 bits per heavy atom. The molecule has 0 saturated carbocycles. The molecular formula is C8H6Br+. The predicted octanol–water partition coefficient (Wildman–Crippen LogP) is 2.86. The molecule has 0 saturated heterocycles. The van der Waals surface area contributed by atoms with Crippen molar-refractivity contribution in [2.75, 3.05) is 0 Å². The van der Waals surface area contributed by atoms with E-state index in [1.165, 1.54) is 0 Å². The van der Waals surface area contributed by atoms with Crippen molar-refractivity contribution in [3.8, 4) is 0 Å². The lowest BCUT2D eigenvalue weighted by atomic mass is 10.2. The van der Waals surface area contributed by atoms with Crippen LogP contribution in [0.2, 0.25) is 0 Å². The van der Waals surface area contributed by atoms with Gasteiger partial charge >= 0.3 is 0 Å². The third-order valence-corrected chi connectivity index (χ3v) is 1.51. The highest BCUT2D eigenvalue weighted by Gasteiger charge is 2.01. The van der Waals surface area contributed by atoms with Crippen molar-refractivity contribution in [2.45, 2.75) is 0 Å². The van der Waals surface area contributed by atoms with E-state index in [1.807, 2.05) is 30.3 Å². The number of benzene rings is 1. The number of hydrogen-bond donors (Lipinski definition) is 0. The molecule has 0 aromatic heterocycles. The Morgan fingerprint density at radius 1 is 1.22 bits per heavy atom. The first-order chi connectivity index (χ1) is 4.30. The van der Waals surface area contributed by atoms with Gasteiger partial charge in [-0.15, -0.1) is 0 Å². The molecule has 0 aliphatic rings. The molecular weight excluding hydrogens is 176 g/mol. The zero-order valence-corrected chi connectivity index (χ0v) is 6.43. The SMILES string of the molecule is [CH+]=C(Br)c1ccccc1. The van der Waals surface area contributed by atoms with Crippen LogP contribution in [0.3, 0.4) is 0 Å². The van der Waals surface area contributed by atoms with Crippen molar-refractivity contribution in [3.63, 3.8) is 0 Å². The van der Waals surface area contributed by atoms with E-state index in [9.17, 15) is 0 Å². The van der Waals surface area contributed by atoms with E-state index in [-0.39, 0.29) is 0 Å². The van der Waals surface area contributed by atoms with Crippen LogP contribution in [0.25, 0.3) is 4.48 Å². The summed E-state index contributed by atoms with van der Waals surface area (Å²) in [6.07, 6.45) is 0. The van der Waals surface area contributed by atoms with Crippen molar-refractivity contribution in [1.82, 2.24) is 0 Å². The molecule has 1 heteroatoms. The van der Waals surface area contributed by atoms with E-state index in [1.54, 1.807) is 0 Å². The van der Waals surface area contributed by atoms with Crippen LogP contribution in [-0.2, 0) is 0 Å². The van der Waals surface area contributed by atoms with Gasteiger partial charge in [0.1, 0.15) is 5.56 Å². The molecule has 0 N–H and O–H groups in total. The second kappa shape index (κ2) is 2.77. The fraction of sp³-hybridized carbons (Fsp3) is 0. The van der Waals surface area contributed by atoms with E-state index < -0.39 is 0 Å². The van der Waals surface area contributed by atoms with Gasteiger partial charge in [-0.05, 0) is 12.1 Å². The highest BCUT2D eigenvalue weighted by atomic mass is 79.9. The molecule has 0 unspecified atom stereocenters. The van der Waals surface area contributed by atoms with Crippen LogP contribution < -0.4 is 0 Å². The first-order valence-electron chi connectivity index (χ1n) is 2.64. The van der Waals surface area contributed by atoms with Crippen molar-refractivity contribution >= 4 is 20.4 Å². The van der Waals surface area contributed by atoms with Gasteiger partial charge in [0.15, 0.2) is 0 Å². The van der Waals surface area contributed by atoms with Crippen LogP contribution in [0.15, 0.2) is 30.3 Å². The van der Waals surface area contributed by atoms with Gasteiger partial charge in [0, 0.05) is 28.1 Å². The van der Waals surface area contributed by atoms with Gasteiger partial charge in [-0.25, -0.2) is 0 Å². The second-order valence-corrected chi connectivity index (χ2v) is 2.57. The van der Waals surface area contributed by atoms with E-state index >= 15 is 0 Å². The van der Waals surface area contributed by atoms with Gasteiger partial charge in [-0.1, -0.05) is 6.07 Å². The quantitative estimate of drug-likeness (QED) is 0.585. The van der Waals surface area contributed by atoms with Gasteiger partial charge in [-0.2, -0.15) is 0 Å². The average Bonchev–Trinajstić information content (AvgIpc) is 1.90. The first kappa shape index (κ1) is 6.47. The number of hydrogen-bond acceptors (Lipinski definition) is 0. The van der Waals surface area contributed by atoms with Gasteiger partial charge in [0.2, 0.25) is 4.48 Å². The summed E-state index contributed by atoms with van der Waals surface area (Å²) in [5.74, 6) is 0. The molecule has 0 bridgehead atoms. The Kier molecular flexibility index (Phi) is 1.99. The highest BCUT2D eigenvalue weighted by molar-refractivity contribution is 9.15. The van der Waals surface area contributed by atoms with E-state index in [0.29, 0.717) is 4.48 Å². The first-order valence-corrected chi connectivity index (χ1v) is 3.43. The number of rotatable bonds is 1. The van der Waals surface area contributed by atoms with Crippen LogP contribution in [0.4, 0.5) is 0 Å². The van der Waals surface area contributed by atoms with Crippen molar-refractivity contribution in [3.05, 3.63) is 42.5 Å². The molecule has 0 fully saturated rings. The zero-order valence-electron chi connectivity index (χ0n) is 4.84. The molecule has 9 heavy (non-hydrogen) atoms. The fourth-order valence-corrected chi connectivity index (χ4v) is 0.862. The summed E-state index contributed by atoms with van der Waals surface area (Å²) in [6.45, 7) is 5.45. The van der Waals surface area contributed by atoms with Crippen LogP contribution >= 0.6 is 15.9 Å². The van der Waals surface area contributed by atoms with Crippen LogP contribution in [-0.4, -0.2) is 0 Å². The van der Waals surface area contributed by atoms with Gasteiger partial charge < -0.3 is 0 Å². The van der Waals surface area contributed by atoms with Gasteiger partial charge in [0.05, 0.1) is 6.58 Å². The molecule has 0 amide bonds. The summed E-state index contributed by atoms with van der Waals surface area (Å²) in [4.78, 5) is 0. The minimum absolute atomic E-state index is 0.683.